The van der Waals surface area contributed by atoms with Crippen molar-refractivity contribution in [2.75, 3.05) is 6.54 Å². The molecule has 1 unspecified atom stereocenters. The van der Waals surface area contributed by atoms with E-state index in [1.165, 1.54) is 15.8 Å². The molecule has 0 spiro atoms. The Morgan fingerprint density at radius 3 is 2.88 bits per heavy atom. The highest BCUT2D eigenvalue weighted by atomic mass is 35.5. The van der Waals surface area contributed by atoms with Crippen LogP contribution in [0.4, 0.5) is 0 Å². The fourth-order valence-corrected chi connectivity index (χ4v) is 5.04. The summed E-state index contributed by atoms with van der Waals surface area (Å²) in [6, 6.07) is 12.2. The molecule has 1 aliphatic heterocycles. The Kier molecular flexibility index (Phi) is 4.50. The molecule has 24 heavy (non-hydrogen) atoms. The smallest absolute Gasteiger partial charge is 0.129 e. The number of hydrogen-bond donors (Lipinski definition) is 2. The number of pyridine rings is 1. The van der Waals surface area contributed by atoms with Gasteiger partial charge in [-0.25, -0.2) is 4.98 Å². The number of thioether (sulfide) groups is 1. The third-order valence-corrected chi connectivity index (χ3v) is 6.17. The van der Waals surface area contributed by atoms with E-state index >= 15 is 0 Å². The van der Waals surface area contributed by atoms with Gasteiger partial charge in [0.25, 0.3) is 0 Å². The van der Waals surface area contributed by atoms with Crippen LogP contribution in [0.5, 0.6) is 0 Å². The van der Waals surface area contributed by atoms with Crippen molar-refractivity contribution in [2.24, 2.45) is 0 Å². The summed E-state index contributed by atoms with van der Waals surface area (Å²) in [6.07, 6.45) is 1.85. The molecular formula is C18H16ClN3S2. The SMILES string of the molecule is CCNC1NC(c2sc3ncccc3c2-c2ccc(Cl)cc2)=CS1. The zero-order chi connectivity index (χ0) is 16.5. The van der Waals surface area contributed by atoms with Crippen molar-refractivity contribution < 1.29 is 0 Å². The van der Waals surface area contributed by atoms with Crippen LogP contribution in [-0.4, -0.2) is 17.0 Å². The van der Waals surface area contributed by atoms with E-state index in [0.717, 1.165) is 27.7 Å². The molecule has 0 radical (unpaired) electrons. The molecule has 1 aromatic carbocycles. The van der Waals surface area contributed by atoms with Gasteiger partial charge in [-0.2, -0.15) is 0 Å². The molecule has 3 heterocycles. The molecule has 0 aliphatic carbocycles. The minimum atomic E-state index is 0.223. The second-order valence-corrected chi connectivity index (χ2v) is 7.83. The molecule has 0 amide bonds. The van der Waals surface area contributed by atoms with E-state index in [0.29, 0.717) is 0 Å². The second-order valence-electron chi connectivity index (χ2n) is 5.42. The van der Waals surface area contributed by atoms with E-state index in [4.69, 9.17) is 11.6 Å². The second kappa shape index (κ2) is 6.76. The highest BCUT2D eigenvalue weighted by Gasteiger charge is 2.23. The zero-order valence-electron chi connectivity index (χ0n) is 13.0. The number of benzene rings is 1. The lowest BCUT2D eigenvalue weighted by Crippen LogP contribution is -2.35. The van der Waals surface area contributed by atoms with Crippen molar-refractivity contribution in [1.82, 2.24) is 15.6 Å². The molecule has 4 rings (SSSR count). The van der Waals surface area contributed by atoms with Gasteiger partial charge in [0, 0.05) is 22.2 Å². The van der Waals surface area contributed by atoms with Crippen LogP contribution in [0.15, 0.2) is 48.0 Å². The molecule has 0 saturated carbocycles. The number of thiophene rings is 1. The summed E-state index contributed by atoms with van der Waals surface area (Å²) >= 11 is 9.56. The Labute approximate surface area is 154 Å². The van der Waals surface area contributed by atoms with E-state index in [2.05, 4.69) is 46.1 Å². The van der Waals surface area contributed by atoms with Crippen molar-refractivity contribution >= 4 is 50.6 Å². The summed E-state index contributed by atoms with van der Waals surface area (Å²) < 4.78 is 0. The molecule has 3 nitrogen and oxygen atoms in total. The third kappa shape index (κ3) is 2.93. The van der Waals surface area contributed by atoms with Crippen molar-refractivity contribution in [3.63, 3.8) is 0 Å². The van der Waals surface area contributed by atoms with E-state index in [9.17, 15) is 0 Å². The maximum absolute atomic E-state index is 6.07. The predicted octanol–water partition coefficient (Wildman–Crippen LogP) is 5.14. The first-order chi connectivity index (χ1) is 11.8. The third-order valence-electron chi connectivity index (χ3n) is 3.84. The van der Waals surface area contributed by atoms with Gasteiger partial charge in [-0.3, -0.25) is 5.32 Å². The molecule has 3 aromatic rings. The molecule has 0 bridgehead atoms. The maximum atomic E-state index is 6.07. The fourth-order valence-electron chi connectivity index (χ4n) is 2.77. The van der Waals surface area contributed by atoms with Gasteiger partial charge < -0.3 is 5.32 Å². The Hall–Kier alpha value is -1.53. The van der Waals surface area contributed by atoms with Gasteiger partial charge in [0.1, 0.15) is 10.3 Å². The number of aromatic nitrogens is 1. The normalized spacial score (nSPS) is 17.1. The average Bonchev–Trinajstić information content (AvgIpc) is 3.20. The molecule has 6 heteroatoms. The van der Waals surface area contributed by atoms with Crippen LogP contribution in [0, 0.1) is 0 Å². The number of hydrogen-bond acceptors (Lipinski definition) is 5. The number of nitrogens with one attached hydrogen (secondary N) is 2. The Bertz CT molecular complexity index is 902. The monoisotopic (exact) mass is 373 g/mol. The van der Waals surface area contributed by atoms with Gasteiger partial charge in [0.05, 0.1) is 10.6 Å². The average molecular weight is 374 g/mol. The number of nitrogens with zero attached hydrogens (tertiary/aromatic N) is 1. The molecule has 1 aliphatic rings. The van der Waals surface area contributed by atoms with Crippen LogP contribution in [-0.2, 0) is 0 Å². The number of halogens is 1. The van der Waals surface area contributed by atoms with E-state index < -0.39 is 0 Å². The first-order valence-electron chi connectivity index (χ1n) is 7.75. The van der Waals surface area contributed by atoms with Crippen LogP contribution < -0.4 is 10.6 Å². The van der Waals surface area contributed by atoms with Gasteiger partial charge in [-0.1, -0.05) is 42.4 Å². The van der Waals surface area contributed by atoms with Gasteiger partial charge in [0.15, 0.2) is 0 Å². The molecular weight excluding hydrogens is 358 g/mol. The van der Waals surface area contributed by atoms with Crippen LogP contribution in [0.1, 0.15) is 11.8 Å². The fraction of sp³-hybridized carbons (Fsp3) is 0.167. The largest absolute Gasteiger partial charge is 0.359 e. The first kappa shape index (κ1) is 16.0. The van der Waals surface area contributed by atoms with E-state index in [1.54, 1.807) is 23.1 Å². The van der Waals surface area contributed by atoms with Gasteiger partial charge in [0.2, 0.25) is 0 Å². The molecule has 2 aromatic heterocycles. The molecule has 122 valence electrons. The summed E-state index contributed by atoms with van der Waals surface area (Å²) in [6.45, 7) is 3.05. The van der Waals surface area contributed by atoms with Crippen LogP contribution >= 0.6 is 34.7 Å². The lowest BCUT2D eigenvalue weighted by atomic mass is 10.0. The van der Waals surface area contributed by atoms with Crippen LogP contribution in [0.3, 0.4) is 0 Å². The van der Waals surface area contributed by atoms with Gasteiger partial charge in [-0.15, -0.1) is 11.3 Å². The van der Waals surface area contributed by atoms with Gasteiger partial charge >= 0.3 is 0 Å². The highest BCUT2D eigenvalue weighted by Crippen LogP contribution is 2.43. The minimum Gasteiger partial charge on any atom is -0.359 e. The standard InChI is InChI=1S/C18H16ClN3S2/c1-2-20-18-22-14(10-23-18)16-15(11-5-7-12(19)8-6-11)13-4-3-9-21-17(13)24-16/h3-10,18,20,22H,2H2,1H3. The molecule has 2 N–H and O–H groups in total. The molecule has 1 atom stereocenters. The maximum Gasteiger partial charge on any atom is 0.129 e. The van der Waals surface area contributed by atoms with Crippen molar-refractivity contribution in [3.05, 3.63) is 57.9 Å². The summed E-state index contributed by atoms with van der Waals surface area (Å²) in [4.78, 5) is 6.82. The van der Waals surface area contributed by atoms with Crippen LogP contribution in [0.2, 0.25) is 5.02 Å². The zero-order valence-corrected chi connectivity index (χ0v) is 15.4. The van der Waals surface area contributed by atoms with E-state index in [1.807, 2.05) is 24.4 Å². The first-order valence-corrected chi connectivity index (χ1v) is 9.89. The topological polar surface area (TPSA) is 37.0 Å². The summed E-state index contributed by atoms with van der Waals surface area (Å²) in [5.74, 6) is 0. The number of rotatable bonds is 4. The Morgan fingerprint density at radius 1 is 1.25 bits per heavy atom. The summed E-state index contributed by atoms with van der Waals surface area (Å²) in [5.41, 5.74) is 3.75. The quantitative estimate of drug-likeness (QED) is 0.663. The van der Waals surface area contributed by atoms with Gasteiger partial charge in [-0.05, 0) is 41.8 Å². The molecule has 0 saturated heterocycles. The lowest BCUT2D eigenvalue weighted by molar-refractivity contribution is 0.646. The van der Waals surface area contributed by atoms with Crippen molar-refractivity contribution in [1.29, 1.82) is 0 Å². The summed E-state index contributed by atoms with van der Waals surface area (Å²) in [5, 5.41) is 11.1. The lowest BCUT2D eigenvalue weighted by Gasteiger charge is -2.13. The predicted molar refractivity (Wildman–Crippen MR) is 106 cm³/mol. The van der Waals surface area contributed by atoms with Crippen molar-refractivity contribution in [2.45, 2.75) is 12.4 Å². The van der Waals surface area contributed by atoms with Crippen LogP contribution in [0.25, 0.3) is 27.0 Å². The summed E-state index contributed by atoms with van der Waals surface area (Å²) in [7, 11) is 0. The van der Waals surface area contributed by atoms with E-state index in [-0.39, 0.29) is 5.50 Å². The minimum absolute atomic E-state index is 0.223. The number of fused-ring (bicyclic) bond motifs is 1. The Morgan fingerprint density at radius 2 is 2.08 bits per heavy atom. The van der Waals surface area contributed by atoms with Crippen molar-refractivity contribution in [3.8, 4) is 11.1 Å². The molecule has 0 fully saturated rings. The Balaban J connectivity index is 1.84. The highest BCUT2D eigenvalue weighted by molar-refractivity contribution is 8.03.